The van der Waals surface area contributed by atoms with Crippen LogP contribution in [0, 0.1) is 5.82 Å². The predicted octanol–water partition coefficient (Wildman–Crippen LogP) is 3.46. The summed E-state index contributed by atoms with van der Waals surface area (Å²) in [6.07, 6.45) is 0. The first-order valence-electron chi connectivity index (χ1n) is 4.02. The third kappa shape index (κ3) is 1.84. The lowest BCUT2D eigenvalue weighted by atomic mass is 10.0. The number of hydrogen-bond donors (Lipinski definition) is 1. The van der Waals surface area contributed by atoms with Gasteiger partial charge in [0.15, 0.2) is 11.6 Å². The maximum atomic E-state index is 13.2. The summed E-state index contributed by atoms with van der Waals surface area (Å²) in [4.78, 5) is 0. The van der Waals surface area contributed by atoms with Crippen molar-refractivity contribution in [2.75, 3.05) is 0 Å². The van der Waals surface area contributed by atoms with E-state index in [2.05, 4.69) is 9.24 Å². The van der Waals surface area contributed by atoms with Gasteiger partial charge in [0, 0.05) is 5.30 Å². The molecule has 0 aliphatic carbocycles. The Bertz CT molecular complexity index is 351. The van der Waals surface area contributed by atoms with Gasteiger partial charge in [-0.1, -0.05) is 37.0 Å². The summed E-state index contributed by atoms with van der Waals surface area (Å²) < 4.78 is 13.2. The molecule has 0 fully saturated rings. The fourth-order valence-corrected chi connectivity index (χ4v) is 2.54. The van der Waals surface area contributed by atoms with E-state index >= 15 is 0 Å². The number of halogens is 3. The Kier molecular flexibility index (Phi) is 3.63. The van der Waals surface area contributed by atoms with E-state index in [4.69, 9.17) is 23.2 Å². The highest BCUT2D eigenvalue weighted by atomic mass is 35.5. The summed E-state index contributed by atoms with van der Waals surface area (Å²) >= 11 is 11.5. The van der Waals surface area contributed by atoms with Crippen LogP contribution in [0.3, 0.4) is 0 Å². The van der Waals surface area contributed by atoms with Crippen LogP contribution in [-0.4, -0.2) is 5.11 Å². The molecule has 0 saturated carbocycles. The van der Waals surface area contributed by atoms with Gasteiger partial charge >= 0.3 is 0 Å². The predicted molar refractivity (Wildman–Crippen MR) is 61.5 cm³/mol. The monoisotopic (exact) mass is 254 g/mol. The molecule has 0 aliphatic heterocycles. The molecule has 0 saturated heterocycles. The van der Waals surface area contributed by atoms with Gasteiger partial charge in [0.05, 0.1) is 10.0 Å². The van der Waals surface area contributed by atoms with E-state index in [1.807, 2.05) is 13.8 Å². The lowest BCUT2D eigenvalue weighted by Gasteiger charge is -2.15. The average Bonchev–Trinajstić information content (AvgIpc) is 2.11. The minimum absolute atomic E-state index is 0.0685. The van der Waals surface area contributed by atoms with Gasteiger partial charge in [0.2, 0.25) is 0 Å². The Morgan fingerprint density at radius 3 is 2.21 bits per heavy atom. The molecule has 1 aromatic rings. The van der Waals surface area contributed by atoms with Gasteiger partial charge < -0.3 is 5.11 Å². The molecule has 0 spiro atoms. The van der Waals surface area contributed by atoms with Crippen molar-refractivity contribution >= 4 is 37.7 Å². The lowest BCUT2D eigenvalue weighted by molar-refractivity contribution is 0.436. The zero-order chi connectivity index (χ0) is 11.0. The van der Waals surface area contributed by atoms with Crippen molar-refractivity contribution < 1.29 is 9.50 Å². The van der Waals surface area contributed by atoms with Crippen LogP contribution in [0.5, 0.6) is 5.75 Å². The quantitative estimate of drug-likeness (QED) is 0.601. The van der Waals surface area contributed by atoms with Gasteiger partial charge in [-0.3, -0.25) is 0 Å². The molecule has 0 aliphatic rings. The average molecular weight is 255 g/mol. The largest absolute Gasteiger partial charge is 0.504 e. The number of phenolic OH excluding ortho intramolecular Hbond substituents is 1. The van der Waals surface area contributed by atoms with Crippen LogP contribution in [0.25, 0.3) is 0 Å². The normalized spacial score (nSPS) is 11.1. The fourth-order valence-electron chi connectivity index (χ4n) is 1.25. The van der Waals surface area contributed by atoms with Crippen molar-refractivity contribution in [3.63, 3.8) is 0 Å². The first kappa shape index (κ1) is 12.0. The van der Waals surface area contributed by atoms with Crippen LogP contribution in [0.15, 0.2) is 0 Å². The van der Waals surface area contributed by atoms with Crippen LogP contribution in [0.1, 0.15) is 25.3 Å². The topological polar surface area (TPSA) is 20.2 Å². The summed E-state index contributed by atoms with van der Waals surface area (Å²) in [6.45, 7) is 3.78. The summed E-state index contributed by atoms with van der Waals surface area (Å²) in [5.41, 5.74) is 0.653. The Morgan fingerprint density at radius 2 is 1.79 bits per heavy atom. The van der Waals surface area contributed by atoms with Crippen molar-refractivity contribution in [2.24, 2.45) is 0 Å². The molecular weight excluding hydrogens is 245 g/mol. The van der Waals surface area contributed by atoms with Crippen molar-refractivity contribution in [3.05, 3.63) is 21.4 Å². The molecule has 0 heterocycles. The van der Waals surface area contributed by atoms with Crippen LogP contribution < -0.4 is 5.30 Å². The molecule has 1 rings (SSSR count). The van der Waals surface area contributed by atoms with Crippen LogP contribution in [-0.2, 0) is 0 Å². The third-order valence-corrected chi connectivity index (χ3v) is 3.38. The fraction of sp³-hybridized carbons (Fsp3) is 0.333. The van der Waals surface area contributed by atoms with Crippen molar-refractivity contribution in [1.29, 1.82) is 0 Å². The lowest BCUT2D eigenvalue weighted by Crippen LogP contribution is -2.08. The maximum Gasteiger partial charge on any atom is 0.185 e. The number of aromatic hydroxyl groups is 1. The molecular formula is C9H10Cl2FOP. The molecule has 1 unspecified atom stereocenters. The Balaban J connectivity index is 3.60. The van der Waals surface area contributed by atoms with Crippen LogP contribution in [0.4, 0.5) is 4.39 Å². The third-order valence-electron chi connectivity index (χ3n) is 1.95. The second kappa shape index (κ2) is 4.22. The van der Waals surface area contributed by atoms with E-state index in [-0.39, 0.29) is 16.0 Å². The number of rotatable bonds is 1. The molecule has 78 valence electrons. The van der Waals surface area contributed by atoms with Crippen molar-refractivity contribution in [1.82, 2.24) is 0 Å². The number of phenols is 1. The molecule has 1 nitrogen and oxygen atoms in total. The second-order valence-electron chi connectivity index (χ2n) is 3.27. The molecule has 1 atom stereocenters. The smallest absolute Gasteiger partial charge is 0.185 e. The van der Waals surface area contributed by atoms with Crippen LogP contribution >= 0.6 is 32.4 Å². The Hall–Kier alpha value is -0.0400. The number of hydrogen-bond acceptors (Lipinski definition) is 1. The van der Waals surface area contributed by atoms with E-state index < -0.39 is 11.6 Å². The van der Waals surface area contributed by atoms with Gasteiger partial charge in [-0.2, -0.15) is 0 Å². The highest BCUT2D eigenvalue weighted by Crippen LogP contribution is 2.37. The zero-order valence-corrected chi connectivity index (χ0v) is 10.4. The van der Waals surface area contributed by atoms with E-state index in [0.717, 1.165) is 0 Å². The molecule has 0 bridgehead atoms. The Labute approximate surface area is 94.4 Å². The van der Waals surface area contributed by atoms with E-state index in [1.54, 1.807) is 0 Å². The van der Waals surface area contributed by atoms with E-state index in [0.29, 0.717) is 10.9 Å². The molecule has 1 aromatic carbocycles. The van der Waals surface area contributed by atoms with Crippen LogP contribution in [0.2, 0.25) is 10.0 Å². The molecule has 0 amide bonds. The van der Waals surface area contributed by atoms with Gasteiger partial charge in [0.1, 0.15) is 0 Å². The van der Waals surface area contributed by atoms with Crippen molar-refractivity contribution in [3.8, 4) is 5.75 Å². The van der Waals surface area contributed by atoms with E-state index in [1.165, 1.54) is 0 Å². The zero-order valence-electron chi connectivity index (χ0n) is 7.74. The first-order valence-corrected chi connectivity index (χ1v) is 5.36. The Morgan fingerprint density at radius 1 is 1.29 bits per heavy atom. The van der Waals surface area contributed by atoms with Gasteiger partial charge in [0.25, 0.3) is 0 Å². The summed E-state index contributed by atoms with van der Waals surface area (Å²) in [7, 11) is 2.27. The molecule has 5 heteroatoms. The van der Waals surface area contributed by atoms with Gasteiger partial charge in [-0.05, 0) is 11.5 Å². The second-order valence-corrected chi connectivity index (χ2v) is 4.61. The SMILES string of the molecule is CC(C)c1c(P)c(O)c(F)c(Cl)c1Cl. The van der Waals surface area contributed by atoms with Gasteiger partial charge in [-0.25, -0.2) is 4.39 Å². The molecule has 1 N–H and O–H groups in total. The molecule has 14 heavy (non-hydrogen) atoms. The minimum Gasteiger partial charge on any atom is -0.504 e. The molecule has 0 aromatic heterocycles. The minimum atomic E-state index is -0.869. The summed E-state index contributed by atoms with van der Waals surface area (Å²) in [5.74, 6) is -1.25. The molecule has 0 radical (unpaired) electrons. The summed E-state index contributed by atoms with van der Waals surface area (Å²) in [6, 6.07) is 0. The van der Waals surface area contributed by atoms with Crippen molar-refractivity contribution in [2.45, 2.75) is 19.8 Å². The maximum absolute atomic E-state index is 13.2. The highest BCUT2D eigenvalue weighted by molar-refractivity contribution is 7.28. The first-order chi connectivity index (χ1) is 6.37. The highest BCUT2D eigenvalue weighted by Gasteiger charge is 2.21. The van der Waals surface area contributed by atoms with E-state index in [9.17, 15) is 9.50 Å². The summed E-state index contributed by atoms with van der Waals surface area (Å²) in [5, 5.41) is 9.72. The number of benzene rings is 1. The van der Waals surface area contributed by atoms with Gasteiger partial charge in [-0.15, -0.1) is 9.24 Å². The standard InChI is InChI=1S/C9H10Cl2FOP/c1-3(2)4-5(10)6(11)7(12)8(13)9(4)14/h3,13H,14H2,1-2H3.